The molecule has 0 N–H and O–H groups in total. The van der Waals surface area contributed by atoms with Gasteiger partial charge >= 0.3 is 6.18 Å². The number of nitrogens with zero attached hydrogens (tertiary/aromatic N) is 3. The molecule has 0 saturated heterocycles. The fraction of sp³-hybridized carbons (Fsp3) is 0.176. The van der Waals surface area contributed by atoms with Gasteiger partial charge in [-0.3, -0.25) is 4.40 Å². The van der Waals surface area contributed by atoms with E-state index in [0.717, 1.165) is 0 Å². The highest BCUT2D eigenvalue weighted by Crippen LogP contribution is 2.38. The van der Waals surface area contributed by atoms with E-state index in [1.807, 2.05) is 0 Å². The molecule has 0 atom stereocenters. The molecular formula is C17H10F5N3O. The lowest BCUT2D eigenvalue weighted by Crippen LogP contribution is -2.15. The van der Waals surface area contributed by atoms with Crippen LogP contribution in [0.2, 0.25) is 0 Å². The second kappa shape index (κ2) is 5.26. The van der Waals surface area contributed by atoms with Gasteiger partial charge in [-0.05, 0) is 30.3 Å². The van der Waals surface area contributed by atoms with Crippen LogP contribution in [0.3, 0.4) is 0 Å². The maximum Gasteiger partial charge on any atom is 0.433 e. The van der Waals surface area contributed by atoms with Crippen molar-refractivity contribution in [3.8, 4) is 11.5 Å². The standard InChI is InChI=1S/C17H10F5N3O/c1-16(18,19)10-7-13(17(20,21)22)24-15-9(10)4-5-14-23-11(8-25(14)15)12-3-2-6-26-12/h2-8H,1H3. The lowest BCUT2D eigenvalue weighted by molar-refractivity contribution is -0.141. The molecule has 0 aliphatic heterocycles. The fourth-order valence-electron chi connectivity index (χ4n) is 2.78. The highest BCUT2D eigenvalue weighted by Gasteiger charge is 2.37. The number of alkyl halides is 5. The molecule has 0 aromatic carbocycles. The van der Waals surface area contributed by atoms with Crippen LogP contribution in [-0.4, -0.2) is 14.4 Å². The fourth-order valence-corrected chi connectivity index (χ4v) is 2.78. The molecule has 4 nitrogen and oxygen atoms in total. The Morgan fingerprint density at radius 1 is 1.04 bits per heavy atom. The molecule has 0 aliphatic carbocycles. The van der Waals surface area contributed by atoms with E-state index in [1.54, 1.807) is 12.1 Å². The third-order valence-corrected chi connectivity index (χ3v) is 3.94. The molecule has 26 heavy (non-hydrogen) atoms. The monoisotopic (exact) mass is 367 g/mol. The summed E-state index contributed by atoms with van der Waals surface area (Å²) in [4.78, 5) is 7.83. The highest BCUT2D eigenvalue weighted by molar-refractivity contribution is 5.83. The van der Waals surface area contributed by atoms with Crippen molar-refractivity contribution in [1.82, 2.24) is 14.4 Å². The van der Waals surface area contributed by atoms with Crippen molar-refractivity contribution in [1.29, 1.82) is 0 Å². The summed E-state index contributed by atoms with van der Waals surface area (Å²) in [6, 6.07) is 6.39. The van der Waals surface area contributed by atoms with Crippen LogP contribution in [0.1, 0.15) is 18.2 Å². The molecule has 0 aliphatic rings. The largest absolute Gasteiger partial charge is 0.463 e. The summed E-state index contributed by atoms with van der Waals surface area (Å²) in [5.74, 6) is -3.07. The zero-order valence-electron chi connectivity index (χ0n) is 13.2. The maximum absolute atomic E-state index is 13.9. The molecule has 0 fully saturated rings. The first-order chi connectivity index (χ1) is 12.1. The van der Waals surface area contributed by atoms with Crippen molar-refractivity contribution in [2.24, 2.45) is 0 Å². The number of hydrogen-bond acceptors (Lipinski definition) is 3. The van der Waals surface area contributed by atoms with Gasteiger partial charge in [0.05, 0.1) is 6.26 Å². The van der Waals surface area contributed by atoms with E-state index in [2.05, 4.69) is 9.97 Å². The summed E-state index contributed by atoms with van der Waals surface area (Å²) in [5, 5.41) is -0.0820. The zero-order chi connectivity index (χ0) is 18.7. The van der Waals surface area contributed by atoms with Gasteiger partial charge in [-0.1, -0.05) is 0 Å². The minimum absolute atomic E-state index is 0.0820. The van der Waals surface area contributed by atoms with Crippen LogP contribution >= 0.6 is 0 Å². The molecule has 0 spiro atoms. The molecule has 4 heterocycles. The first-order valence-corrected chi connectivity index (χ1v) is 7.47. The lowest BCUT2D eigenvalue weighted by atomic mass is 10.0. The second-order valence-corrected chi connectivity index (χ2v) is 5.84. The summed E-state index contributed by atoms with van der Waals surface area (Å²) in [7, 11) is 0. The van der Waals surface area contributed by atoms with Crippen molar-refractivity contribution in [2.75, 3.05) is 0 Å². The predicted octanol–water partition coefficient (Wildman–Crippen LogP) is 5.27. The van der Waals surface area contributed by atoms with Gasteiger partial charge in [-0.25, -0.2) is 18.7 Å². The Labute approximate surface area is 142 Å². The van der Waals surface area contributed by atoms with E-state index >= 15 is 0 Å². The Morgan fingerprint density at radius 3 is 2.42 bits per heavy atom. The normalized spacial score (nSPS) is 13.0. The number of halogens is 5. The molecule has 0 radical (unpaired) electrons. The van der Waals surface area contributed by atoms with E-state index in [1.165, 1.54) is 29.0 Å². The predicted molar refractivity (Wildman–Crippen MR) is 82.8 cm³/mol. The Balaban J connectivity index is 2.09. The first-order valence-electron chi connectivity index (χ1n) is 7.47. The average Bonchev–Trinajstić information content (AvgIpc) is 3.20. The van der Waals surface area contributed by atoms with Crippen molar-refractivity contribution in [3.05, 3.63) is 54.0 Å². The second-order valence-electron chi connectivity index (χ2n) is 5.84. The molecule has 4 rings (SSSR count). The van der Waals surface area contributed by atoms with Crippen LogP contribution in [0.15, 0.2) is 47.2 Å². The Kier molecular flexibility index (Phi) is 3.34. The molecule has 4 aromatic rings. The number of furan rings is 1. The van der Waals surface area contributed by atoms with Gasteiger partial charge in [0.15, 0.2) is 5.76 Å². The number of hydrogen-bond donors (Lipinski definition) is 0. The number of aromatic nitrogens is 3. The van der Waals surface area contributed by atoms with Crippen molar-refractivity contribution in [3.63, 3.8) is 0 Å². The van der Waals surface area contributed by atoms with Gasteiger partial charge < -0.3 is 4.42 Å². The van der Waals surface area contributed by atoms with E-state index in [9.17, 15) is 22.0 Å². The smallest absolute Gasteiger partial charge is 0.433 e. The molecule has 0 amide bonds. The van der Waals surface area contributed by atoms with E-state index in [4.69, 9.17) is 4.42 Å². The Bertz CT molecular complexity index is 1110. The van der Waals surface area contributed by atoms with Gasteiger partial charge in [-0.2, -0.15) is 13.2 Å². The summed E-state index contributed by atoms with van der Waals surface area (Å²) >= 11 is 0. The summed E-state index contributed by atoms with van der Waals surface area (Å²) in [6.45, 7) is 0.550. The quantitative estimate of drug-likeness (QED) is 0.453. The van der Waals surface area contributed by atoms with Gasteiger partial charge in [0.2, 0.25) is 0 Å². The van der Waals surface area contributed by atoms with Crippen LogP contribution in [-0.2, 0) is 12.1 Å². The zero-order valence-corrected chi connectivity index (χ0v) is 13.2. The van der Waals surface area contributed by atoms with Crippen LogP contribution in [0, 0.1) is 0 Å². The van der Waals surface area contributed by atoms with Gasteiger partial charge in [-0.15, -0.1) is 0 Å². The third kappa shape index (κ3) is 2.59. The van der Waals surface area contributed by atoms with E-state index < -0.39 is 23.4 Å². The van der Waals surface area contributed by atoms with Gasteiger partial charge in [0.25, 0.3) is 5.92 Å². The van der Waals surface area contributed by atoms with Gasteiger partial charge in [0, 0.05) is 24.1 Å². The molecule has 134 valence electrons. The van der Waals surface area contributed by atoms with Gasteiger partial charge in [0.1, 0.15) is 22.7 Å². The molecule has 0 unspecified atom stereocenters. The average molecular weight is 367 g/mol. The van der Waals surface area contributed by atoms with E-state index in [0.29, 0.717) is 24.4 Å². The Morgan fingerprint density at radius 2 is 1.81 bits per heavy atom. The summed E-state index contributed by atoms with van der Waals surface area (Å²) in [5.41, 5.74) is -1.76. The number of imidazole rings is 1. The number of pyridine rings is 2. The first kappa shape index (κ1) is 16.5. The van der Waals surface area contributed by atoms with Crippen molar-refractivity contribution in [2.45, 2.75) is 19.0 Å². The molecule has 0 saturated carbocycles. The molecule has 4 aromatic heterocycles. The number of fused-ring (bicyclic) bond motifs is 3. The highest BCUT2D eigenvalue weighted by atomic mass is 19.4. The number of rotatable bonds is 2. The van der Waals surface area contributed by atoms with Crippen molar-refractivity contribution < 1.29 is 26.4 Å². The Hall–Kier alpha value is -2.97. The minimum atomic E-state index is -4.86. The topological polar surface area (TPSA) is 43.3 Å². The minimum Gasteiger partial charge on any atom is -0.463 e. The van der Waals surface area contributed by atoms with Crippen molar-refractivity contribution >= 4 is 16.7 Å². The van der Waals surface area contributed by atoms with Crippen LogP contribution in [0.5, 0.6) is 0 Å². The maximum atomic E-state index is 13.9. The lowest BCUT2D eigenvalue weighted by Gasteiger charge is -2.16. The SMILES string of the molecule is CC(F)(F)c1cc(C(F)(F)F)nc2c1ccc1nc(-c3ccco3)cn12. The summed E-state index contributed by atoms with van der Waals surface area (Å²) in [6.07, 6.45) is -2.03. The summed E-state index contributed by atoms with van der Waals surface area (Å²) < 4.78 is 73.9. The van der Waals surface area contributed by atoms with E-state index in [-0.39, 0.29) is 16.7 Å². The molecule has 9 heteroatoms. The van der Waals surface area contributed by atoms with Crippen LogP contribution in [0.25, 0.3) is 28.1 Å². The molecular weight excluding hydrogens is 357 g/mol. The molecule has 0 bridgehead atoms. The van der Waals surface area contributed by atoms with Crippen LogP contribution in [0.4, 0.5) is 22.0 Å². The third-order valence-electron chi connectivity index (χ3n) is 3.94. The van der Waals surface area contributed by atoms with Crippen LogP contribution < -0.4 is 0 Å².